The van der Waals surface area contributed by atoms with Gasteiger partial charge >= 0.3 is 0 Å². The van der Waals surface area contributed by atoms with Crippen LogP contribution in [0.5, 0.6) is 5.75 Å². The summed E-state index contributed by atoms with van der Waals surface area (Å²) in [4.78, 5) is 2.73. The standard InChI is InChI=1S/C23H29NO.BrH/c1-18-10-12-23(20-8-5-9-21(25)16-20)13-15-24(22(18)17-23)14-11-19-6-3-2-4-7-19;/h2-9,16,18,22,25H,10-15,17H2,1H3;1H/t18-,22-,23+;/m0./s1. The van der Waals surface area contributed by atoms with Gasteiger partial charge in [0.25, 0.3) is 0 Å². The summed E-state index contributed by atoms with van der Waals surface area (Å²) in [6.07, 6.45) is 6.16. The molecular formula is C23H30BrNO. The molecule has 2 aliphatic rings. The van der Waals surface area contributed by atoms with E-state index in [9.17, 15) is 5.11 Å². The van der Waals surface area contributed by atoms with Crippen molar-refractivity contribution in [2.75, 3.05) is 13.1 Å². The first-order chi connectivity index (χ1) is 12.2. The maximum atomic E-state index is 9.94. The number of piperidine rings is 1. The lowest BCUT2D eigenvalue weighted by molar-refractivity contribution is 0.0183. The van der Waals surface area contributed by atoms with Crippen LogP contribution in [0.4, 0.5) is 0 Å². The number of hydrogen-bond acceptors (Lipinski definition) is 2. The van der Waals surface area contributed by atoms with Crippen molar-refractivity contribution in [3.63, 3.8) is 0 Å². The first-order valence-corrected chi connectivity index (χ1v) is 9.74. The van der Waals surface area contributed by atoms with E-state index in [1.54, 1.807) is 6.07 Å². The zero-order valence-corrected chi connectivity index (χ0v) is 17.3. The molecule has 3 atom stereocenters. The molecule has 2 aromatic rings. The highest BCUT2D eigenvalue weighted by molar-refractivity contribution is 8.93. The van der Waals surface area contributed by atoms with Crippen LogP contribution in [-0.2, 0) is 11.8 Å². The fourth-order valence-electron chi connectivity index (χ4n) is 5.08. The molecule has 2 bridgehead atoms. The minimum Gasteiger partial charge on any atom is -0.508 e. The van der Waals surface area contributed by atoms with Crippen molar-refractivity contribution in [1.29, 1.82) is 0 Å². The molecule has 0 aromatic heterocycles. The summed E-state index contributed by atoms with van der Waals surface area (Å²) in [7, 11) is 0. The number of likely N-dealkylation sites (tertiary alicyclic amines) is 1. The van der Waals surface area contributed by atoms with Crippen LogP contribution < -0.4 is 0 Å². The molecule has 1 N–H and O–H groups in total. The van der Waals surface area contributed by atoms with Crippen molar-refractivity contribution in [3.05, 3.63) is 65.7 Å². The number of fused-ring (bicyclic) bond motifs is 2. The maximum absolute atomic E-state index is 9.94. The van der Waals surface area contributed by atoms with E-state index in [2.05, 4.69) is 48.2 Å². The minimum atomic E-state index is 0. The molecule has 1 aliphatic carbocycles. The van der Waals surface area contributed by atoms with Gasteiger partial charge in [-0.05, 0) is 73.2 Å². The van der Waals surface area contributed by atoms with Crippen molar-refractivity contribution in [2.45, 2.75) is 50.5 Å². The molecule has 0 unspecified atom stereocenters. The summed E-state index contributed by atoms with van der Waals surface area (Å²) in [5.74, 6) is 1.18. The molecular weight excluding hydrogens is 386 g/mol. The third-order valence-electron chi connectivity index (χ3n) is 6.67. The fourth-order valence-corrected chi connectivity index (χ4v) is 5.08. The van der Waals surface area contributed by atoms with Crippen molar-refractivity contribution < 1.29 is 5.11 Å². The molecule has 2 aromatic carbocycles. The molecule has 1 aliphatic heterocycles. The average molecular weight is 416 g/mol. The molecule has 26 heavy (non-hydrogen) atoms. The topological polar surface area (TPSA) is 23.5 Å². The van der Waals surface area contributed by atoms with Gasteiger partial charge in [0.2, 0.25) is 0 Å². The SMILES string of the molecule is Br.C[C@H]1CC[C@@]2(c3cccc(O)c3)CCN(CCc3ccccc3)[C@H]1C2. The molecule has 140 valence electrons. The van der Waals surface area contributed by atoms with E-state index in [1.807, 2.05) is 12.1 Å². The van der Waals surface area contributed by atoms with Crippen LogP contribution in [0.2, 0.25) is 0 Å². The summed E-state index contributed by atoms with van der Waals surface area (Å²) >= 11 is 0. The van der Waals surface area contributed by atoms with Gasteiger partial charge in [0.15, 0.2) is 0 Å². The third-order valence-corrected chi connectivity index (χ3v) is 6.67. The van der Waals surface area contributed by atoms with Gasteiger partial charge in [-0.25, -0.2) is 0 Å². The van der Waals surface area contributed by atoms with Crippen LogP contribution in [0.15, 0.2) is 54.6 Å². The second-order valence-corrected chi connectivity index (χ2v) is 8.14. The third kappa shape index (κ3) is 3.84. The molecule has 2 fully saturated rings. The van der Waals surface area contributed by atoms with E-state index in [0.717, 1.165) is 18.9 Å². The molecule has 1 heterocycles. The molecule has 0 radical (unpaired) electrons. The number of phenols is 1. The molecule has 4 rings (SSSR count). The van der Waals surface area contributed by atoms with Crippen molar-refractivity contribution in [1.82, 2.24) is 4.90 Å². The Bertz CT molecular complexity index is 719. The summed E-state index contributed by atoms with van der Waals surface area (Å²) in [5.41, 5.74) is 3.07. The zero-order chi connectivity index (χ0) is 17.3. The predicted molar refractivity (Wildman–Crippen MR) is 113 cm³/mol. The van der Waals surface area contributed by atoms with E-state index in [1.165, 1.54) is 43.4 Å². The van der Waals surface area contributed by atoms with Gasteiger partial charge < -0.3 is 5.11 Å². The van der Waals surface area contributed by atoms with Crippen molar-refractivity contribution in [3.8, 4) is 5.75 Å². The van der Waals surface area contributed by atoms with Crippen LogP contribution in [0.3, 0.4) is 0 Å². The lowest BCUT2D eigenvalue weighted by Crippen LogP contribution is -2.55. The van der Waals surface area contributed by atoms with E-state index >= 15 is 0 Å². The normalized spacial score (nSPS) is 28.3. The zero-order valence-electron chi connectivity index (χ0n) is 15.6. The number of hydrogen-bond donors (Lipinski definition) is 1. The first kappa shape index (κ1) is 19.4. The molecule has 3 heteroatoms. The lowest BCUT2D eigenvalue weighted by Gasteiger charge is -2.53. The van der Waals surface area contributed by atoms with Crippen LogP contribution in [0.25, 0.3) is 0 Å². The highest BCUT2D eigenvalue weighted by Gasteiger charge is 2.46. The monoisotopic (exact) mass is 415 g/mol. The molecule has 1 saturated carbocycles. The number of phenolic OH excluding ortho intramolecular Hbond substituents is 1. The Labute approximate surface area is 168 Å². The highest BCUT2D eigenvalue weighted by Crippen LogP contribution is 2.49. The Hall–Kier alpha value is -1.32. The number of aromatic hydroxyl groups is 1. The van der Waals surface area contributed by atoms with Crippen molar-refractivity contribution in [2.24, 2.45) is 5.92 Å². The Balaban J connectivity index is 0.00000196. The van der Waals surface area contributed by atoms with Gasteiger partial charge in [0, 0.05) is 12.6 Å². The van der Waals surface area contributed by atoms with E-state index in [-0.39, 0.29) is 22.4 Å². The van der Waals surface area contributed by atoms with Gasteiger partial charge in [0.1, 0.15) is 5.75 Å². The fraction of sp³-hybridized carbons (Fsp3) is 0.478. The second kappa shape index (κ2) is 8.14. The first-order valence-electron chi connectivity index (χ1n) is 9.74. The molecule has 1 saturated heterocycles. The molecule has 0 spiro atoms. The van der Waals surface area contributed by atoms with E-state index in [4.69, 9.17) is 0 Å². The lowest BCUT2D eigenvalue weighted by atomic mass is 9.61. The van der Waals surface area contributed by atoms with E-state index in [0.29, 0.717) is 11.8 Å². The van der Waals surface area contributed by atoms with Gasteiger partial charge in [0.05, 0.1) is 0 Å². The Morgan fingerprint density at radius 3 is 2.65 bits per heavy atom. The number of nitrogens with zero attached hydrogens (tertiary/aromatic N) is 1. The van der Waals surface area contributed by atoms with Gasteiger partial charge in [-0.1, -0.05) is 49.4 Å². The summed E-state index contributed by atoms with van der Waals surface area (Å²) in [6, 6.07) is 19.6. The number of halogens is 1. The van der Waals surface area contributed by atoms with E-state index < -0.39 is 0 Å². The quantitative estimate of drug-likeness (QED) is 0.727. The maximum Gasteiger partial charge on any atom is 0.115 e. The number of benzene rings is 2. The average Bonchev–Trinajstić information content (AvgIpc) is 2.65. The predicted octanol–water partition coefficient (Wildman–Crippen LogP) is 5.34. The molecule has 2 nitrogen and oxygen atoms in total. The Morgan fingerprint density at radius 2 is 1.88 bits per heavy atom. The van der Waals surface area contributed by atoms with Gasteiger partial charge in [-0.3, -0.25) is 4.90 Å². The van der Waals surface area contributed by atoms with Crippen LogP contribution in [0, 0.1) is 5.92 Å². The van der Waals surface area contributed by atoms with Gasteiger partial charge in [-0.2, -0.15) is 0 Å². The smallest absolute Gasteiger partial charge is 0.115 e. The number of rotatable bonds is 4. The minimum absolute atomic E-state index is 0. The Kier molecular flexibility index (Phi) is 6.09. The van der Waals surface area contributed by atoms with Gasteiger partial charge in [-0.15, -0.1) is 17.0 Å². The summed E-state index contributed by atoms with van der Waals surface area (Å²) in [5, 5.41) is 9.94. The van der Waals surface area contributed by atoms with Crippen LogP contribution in [-0.4, -0.2) is 29.1 Å². The van der Waals surface area contributed by atoms with Crippen LogP contribution >= 0.6 is 17.0 Å². The summed E-state index contributed by atoms with van der Waals surface area (Å²) in [6.45, 7) is 4.77. The Morgan fingerprint density at radius 1 is 1.08 bits per heavy atom. The molecule has 0 amide bonds. The largest absolute Gasteiger partial charge is 0.508 e. The summed E-state index contributed by atoms with van der Waals surface area (Å²) < 4.78 is 0. The van der Waals surface area contributed by atoms with Crippen LogP contribution in [0.1, 0.15) is 43.7 Å². The second-order valence-electron chi connectivity index (χ2n) is 8.14. The van der Waals surface area contributed by atoms with Crippen molar-refractivity contribution >= 4 is 17.0 Å². The highest BCUT2D eigenvalue weighted by atomic mass is 79.9.